The monoisotopic (exact) mass is 295 g/mol. The number of hydrogen-bond acceptors (Lipinski definition) is 4. The van der Waals surface area contributed by atoms with Gasteiger partial charge in [-0.3, -0.25) is 0 Å². The van der Waals surface area contributed by atoms with Crippen molar-refractivity contribution in [3.05, 3.63) is 47.1 Å². The maximum absolute atomic E-state index is 13.1. The van der Waals surface area contributed by atoms with Gasteiger partial charge in [-0.2, -0.15) is 4.98 Å². The summed E-state index contributed by atoms with van der Waals surface area (Å²) in [7, 11) is 0. The molecule has 0 amide bonds. The number of nitrogens with zero attached hydrogens (tertiary/aromatic N) is 2. The molecule has 0 saturated heterocycles. The van der Waals surface area contributed by atoms with Crippen molar-refractivity contribution in [3.8, 4) is 0 Å². The van der Waals surface area contributed by atoms with Gasteiger partial charge < -0.3 is 10.3 Å². The second kappa shape index (κ2) is 6.76. The van der Waals surface area contributed by atoms with Crippen molar-refractivity contribution >= 4 is 0 Å². The summed E-state index contributed by atoms with van der Waals surface area (Å²) in [5, 5.41) is 3.86. The zero-order chi connectivity index (χ0) is 15.4. The van der Waals surface area contributed by atoms with Crippen LogP contribution >= 0.6 is 0 Å². The van der Waals surface area contributed by atoms with Crippen LogP contribution in [0.2, 0.25) is 0 Å². The third-order valence-corrected chi connectivity index (χ3v) is 3.16. The standard InChI is InChI=1S/C15H19F2N3O/c1-9(2)3-11(8-18)15-19-14(20-21-15)6-10-4-12(16)7-13(17)5-10/h4-5,7,9,11H,3,6,8,18H2,1-2H3. The Hall–Kier alpha value is -1.82. The minimum atomic E-state index is -0.617. The zero-order valence-corrected chi connectivity index (χ0v) is 12.1. The van der Waals surface area contributed by atoms with Gasteiger partial charge in [0.05, 0.1) is 5.92 Å². The van der Waals surface area contributed by atoms with Gasteiger partial charge in [0.25, 0.3) is 0 Å². The van der Waals surface area contributed by atoms with Crippen molar-refractivity contribution in [2.75, 3.05) is 6.54 Å². The van der Waals surface area contributed by atoms with E-state index in [1.165, 1.54) is 12.1 Å². The van der Waals surface area contributed by atoms with E-state index in [2.05, 4.69) is 24.0 Å². The fraction of sp³-hybridized carbons (Fsp3) is 0.467. The third kappa shape index (κ3) is 4.32. The second-order valence-electron chi connectivity index (χ2n) is 5.57. The Bertz CT molecular complexity index is 578. The molecular weight excluding hydrogens is 276 g/mol. The topological polar surface area (TPSA) is 64.9 Å². The molecule has 2 rings (SSSR count). The maximum Gasteiger partial charge on any atom is 0.231 e. The van der Waals surface area contributed by atoms with Gasteiger partial charge in [0.15, 0.2) is 5.82 Å². The highest BCUT2D eigenvalue weighted by Crippen LogP contribution is 2.22. The number of aromatic nitrogens is 2. The Morgan fingerprint density at radius 2 is 1.86 bits per heavy atom. The Morgan fingerprint density at radius 1 is 1.19 bits per heavy atom. The van der Waals surface area contributed by atoms with Crippen molar-refractivity contribution in [1.82, 2.24) is 10.1 Å². The van der Waals surface area contributed by atoms with E-state index in [1.807, 2.05) is 0 Å². The van der Waals surface area contributed by atoms with Gasteiger partial charge in [-0.25, -0.2) is 8.78 Å². The summed E-state index contributed by atoms with van der Waals surface area (Å²) in [6.07, 6.45) is 1.07. The highest BCUT2D eigenvalue weighted by molar-refractivity contribution is 5.21. The van der Waals surface area contributed by atoms with Gasteiger partial charge in [0.2, 0.25) is 5.89 Å². The first-order valence-corrected chi connectivity index (χ1v) is 6.95. The van der Waals surface area contributed by atoms with E-state index in [4.69, 9.17) is 10.3 Å². The van der Waals surface area contributed by atoms with Crippen LogP contribution in [0.15, 0.2) is 22.7 Å². The molecule has 0 spiro atoms. The summed E-state index contributed by atoms with van der Waals surface area (Å²) in [4.78, 5) is 4.29. The van der Waals surface area contributed by atoms with Gasteiger partial charge in [-0.1, -0.05) is 19.0 Å². The molecule has 0 fully saturated rings. The first-order valence-electron chi connectivity index (χ1n) is 6.95. The summed E-state index contributed by atoms with van der Waals surface area (Å²) in [5.74, 6) is 0.124. The molecule has 114 valence electrons. The number of benzene rings is 1. The normalized spacial score (nSPS) is 12.9. The maximum atomic E-state index is 13.1. The molecule has 0 saturated carbocycles. The predicted octanol–water partition coefficient (Wildman–Crippen LogP) is 3.03. The first kappa shape index (κ1) is 15.6. The van der Waals surface area contributed by atoms with Crippen LogP contribution in [-0.4, -0.2) is 16.7 Å². The predicted molar refractivity (Wildman–Crippen MR) is 74.7 cm³/mol. The minimum Gasteiger partial charge on any atom is -0.339 e. The minimum absolute atomic E-state index is 0.00972. The molecule has 0 aliphatic heterocycles. The Balaban J connectivity index is 2.12. The van der Waals surface area contributed by atoms with Crippen LogP contribution in [0.4, 0.5) is 8.78 Å². The van der Waals surface area contributed by atoms with Crippen LogP contribution in [0.3, 0.4) is 0 Å². The van der Waals surface area contributed by atoms with E-state index >= 15 is 0 Å². The Kier molecular flexibility index (Phi) is 5.01. The van der Waals surface area contributed by atoms with E-state index < -0.39 is 11.6 Å². The number of halogens is 2. The molecule has 1 unspecified atom stereocenters. The Morgan fingerprint density at radius 3 is 2.43 bits per heavy atom. The summed E-state index contributed by atoms with van der Waals surface area (Å²) < 4.78 is 31.5. The molecule has 2 N–H and O–H groups in total. The molecule has 1 heterocycles. The largest absolute Gasteiger partial charge is 0.339 e. The van der Waals surface area contributed by atoms with Crippen LogP contribution in [0.5, 0.6) is 0 Å². The molecule has 6 heteroatoms. The second-order valence-corrected chi connectivity index (χ2v) is 5.57. The third-order valence-electron chi connectivity index (χ3n) is 3.16. The molecule has 0 bridgehead atoms. The molecule has 21 heavy (non-hydrogen) atoms. The van der Waals surface area contributed by atoms with Crippen molar-refractivity contribution in [2.45, 2.75) is 32.6 Å². The molecule has 4 nitrogen and oxygen atoms in total. The smallest absolute Gasteiger partial charge is 0.231 e. The fourth-order valence-corrected chi connectivity index (χ4v) is 2.27. The molecule has 1 aromatic carbocycles. The highest BCUT2D eigenvalue weighted by atomic mass is 19.1. The fourth-order valence-electron chi connectivity index (χ4n) is 2.27. The van der Waals surface area contributed by atoms with Crippen LogP contribution in [0, 0.1) is 17.6 Å². The molecule has 0 aliphatic rings. The average molecular weight is 295 g/mol. The summed E-state index contributed by atoms with van der Waals surface area (Å²) in [5.41, 5.74) is 6.19. The Labute approximate surface area is 122 Å². The molecular formula is C15H19F2N3O. The summed E-state index contributed by atoms with van der Waals surface area (Å²) >= 11 is 0. The van der Waals surface area contributed by atoms with Crippen molar-refractivity contribution < 1.29 is 13.3 Å². The SMILES string of the molecule is CC(C)CC(CN)c1nc(Cc2cc(F)cc(F)c2)no1. The molecule has 1 aromatic heterocycles. The van der Waals surface area contributed by atoms with Gasteiger partial charge >= 0.3 is 0 Å². The van der Waals surface area contributed by atoms with Gasteiger partial charge in [0.1, 0.15) is 11.6 Å². The van der Waals surface area contributed by atoms with Crippen molar-refractivity contribution in [3.63, 3.8) is 0 Å². The lowest BCUT2D eigenvalue weighted by Crippen LogP contribution is -2.15. The van der Waals surface area contributed by atoms with E-state index in [0.717, 1.165) is 12.5 Å². The van der Waals surface area contributed by atoms with Crippen LogP contribution in [0.25, 0.3) is 0 Å². The molecule has 0 radical (unpaired) electrons. The van der Waals surface area contributed by atoms with Crippen molar-refractivity contribution in [2.24, 2.45) is 11.7 Å². The van der Waals surface area contributed by atoms with E-state index in [1.54, 1.807) is 0 Å². The van der Waals surface area contributed by atoms with E-state index in [-0.39, 0.29) is 12.3 Å². The number of hydrogen-bond donors (Lipinski definition) is 1. The van der Waals surface area contributed by atoms with E-state index in [0.29, 0.717) is 29.7 Å². The average Bonchev–Trinajstić information content (AvgIpc) is 2.82. The number of rotatable bonds is 6. The van der Waals surface area contributed by atoms with Crippen LogP contribution < -0.4 is 5.73 Å². The van der Waals surface area contributed by atoms with Gasteiger partial charge in [0, 0.05) is 19.0 Å². The van der Waals surface area contributed by atoms with Gasteiger partial charge in [-0.15, -0.1) is 0 Å². The highest BCUT2D eigenvalue weighted by Gasteiger charge is 2.19. The van der Waals surface area contributed by atoms with Crippen molar-refractivity contribution in [1.29, 1.82) is 0 Å². The molecule has 1 atom stereocenters. The summed E-state index contributed by atoms with van der Waals surface area (Å²) in [6, 6.07) is 3.35. The van der Waals surface area contributed by atoms with E-state index in [9.17, 15) is 8.78 Å². The zero-order valence-electron chi connectivity index (χ0n) is 12.1. The molecule has 0 aliphatic carbocycles. The van der Waals surface area contributed by atoms with Crippen LogP contribution in [-0.2, 0) is 6.42 Å². The van der Waals surface area contributed by atoms with Gasteiger partial charge in [-0.05, 0) is 30.0 Å². The number of nitrogens with two attached hydrogens (primary N) is 1. The quantitative estimate of drug-likeness (QED) is 0.889. The lowest BCUT2D eigenvalue weighted by atomic mass is 9.97. The van der Waals surface area contributed by atoms with Crippen LogP contribution in [0.1, 0.15) is 43.5 Å². The molecule has 2 aromatic rings. The lowest BCUT2D eigenvalue weighted by molar-refractivity contribution is 0.332. The first-order chi connectivity index (χ1) is 9.97. The summed E-state index contributed by atoms with van der Waals surface area (Å²) in [6.45, 7) is 4.61. The lowest BCUT2D eigenvalue weighted by Gasteiger charge is -2.11.